The van der Waals surface area contributed by atoms with Crippen molar-refractivity contribution < 1.29 is 13.9 Å². The minimum absolute atomic E-state index is 0.0649. The Labute approximate surface area is 141 Å². The summed E-state index contributed by atoms with van der Waals surface area (Å²) in [4.78, 5) is 11.6. The average molecular weight is 356 g/mol. The van der Waals surface area contributed by atoms with Gasteiger partial charge in [0, 0.05) is 20.3 Å². The van der Waals surface area contributed by atoms with Gasteiger partial charge in [-0.05, 0) is 18.6 Å². The Kier molecular flexibility index (Phi) is 7.24. The fraction of sp³-hybridized carbons (Fsp3) is 0.357. The number of hydrogen-bond acceptors (Lipinski definition) is 7. The maximum Gasteiger partial charge on any atom is 0.230 e. The van der Waals surface area contributed by atoms with E-state index in [4.69, 9.17) is 4.74 Å². The van der Waals surface area contributed by atoms with E-state index in [-0.39, 0.29) is 17.5 Å². The van der Waals surface area contributed by atoms with Crippen LogP contribution in [0.4, 0.5) is 15.2 Å². The molecule has 9 heteroatoms. The van der Waals surface area contributed by atoms with Crippen molar-refractivity contribution in [3.63, 3.8) is 0 Å². The third-order valence-corrected chi connectivity index (χ3v) is 4.67. The van der Waals surface area contributed by atoms with Crippen molar-refractivity contribution in [3.8, 4) is 0 Å². The highest BCUT2D eigenvalue weighted by Gasteiger charge is 2.09. The lowest BCUT2D eigenvalue weighted by Crippen LogP contribution is -2.26. The maximum atomic E-state index is 13.5. The van der Waals surface area contributed by atoms with Crippen molar-refractivity contribution in [1.82, 2.24) is 15.5 Å². The monoisotopic (exact) mass is 356 g/mol. The predicted octanol–water partition coefficient (Wildman–Crippen LogP) is 2.67. The quantitative estimate of drug-likeness (QED) is 0.531. The zero-order chi connectivity index (χ0) is 16.5. The van der Waals surface area contributed by atoms with Gasteiger partial charge in [0.15, 0.2) is 4.34 Å². The van der Waals surface area contributed by atoms with Crippen LogP contribution in [0.25, 0.3) is 0 Å². The van der Waals surface area contributed by atoms with E-state index < -0.39 is 0 Å². The molecule has 1 aromatic heterocycles. The predicted molar refractivity (Wildman–Crippen MR) is 89.8 cm³/mol. The lowest BCUT2D eigenvalue weighted by molar-refractivity contribution is -0.118. The van der Waals surface area contributed by atoms with Crippen LogP contribution in [0.3, 0.4) is 0 Å². The summed E-state index contributed by atoms with van der Waals surface area (Å²) in [7, 11) is 1.63. The highest BCUT2D eigenvalue weighted by atomic mass is 32.2. The van der Waals surface area contributed by atoms with Crippen LogP contribution >= 0.6 is 23.1 Å². The minimum atomic E-state index is -0.354. The van der Waals surface area contributed by atoms with Crippen LogP contribution in [0.5, 0.6) is 0 Å². The van der Waals surface area contributed by atoms with E-state index in [1.807, 2.05) is 0 Å². The van der Waals surface area contributed by atoms with Crippen LogP contribution < -0.4 is 10.6 Å². The Bertz CT molecular complexity index is 639. The molecule has 0 aliphatic heterocycles. The lowest BCUT2D eigenvalue weighted by atomic mass is 10.3. The number of aromatic nitrogens is 2. The number of nitrogens with one attached hydrogen (secondary N) is 2. The van der Waals surface area contributed by atoms with Crippen LogP contribution in [0.1, 0.15) is 6.42 Å². The molecule has 0 spiro atoms. The van der Waals surface area contributed by atoms with E-state index in [9.17, 15) is 9.18 Å². The molecule has 1 aromatic carbocycles. The standard InChI is InChI=1S/C14H17FN4O2S2/c1-21-8-4-7-16-12(20)9-22-14-19-18-13(23-14)17-11-6-3-2-5-10(11)15/h2-3,5-6H,4,7-9H2,1H3,(H,16,20)(H,17,18). The zero-order valence-electron chi connectivity index (χ0n) is 12.5. The summed E-state index contributed by atoms with van der Waals surface area (Å²) < 4.78 is 19.1. The van der Waals surface area contributed by atoms with Crippen LogP contribution in [0, 0.1) is 5.82 Å². The lowest BCUT2D eigenvalue weighted by Gasteiger charge is -2.03. The first-order chi connectivity index (χ1) is 11.2. The number of carbonyl (C=O) groups excluding carboxylic acids is 1. The highest BCUT2D eigenvalue weighted by molar-refractivity contribution is 8.01. The van der Waals surface area contributed by atoms with Gasteiger partial charge < -0.3 is 15.4 Å². The summed E-state index contributed by atoms with van der Waals surface area (Å²) in [6, 6.07) is 6.34. The van der Waals surface area contributed by atoms with Gasteiger partial charge in [0.1, 0.15) is 5.82 Å². The Hall–Kier alpha value is -1.71. The van der Waals surface area contributed by atoms with Gasteiger partial charge in [-0.25, -0.2) is 4.39 Å². The van der Waals surface area contributed by atoms with Crippen molar-refractivity contribution >= 4 is 39.8 Å². The number of benzene rings is 1. The molecule has 6 nitrogen and oxygen atoms in total. The second-order valence-corrected chi connectivity index (χ2v) is 6.66. The molecule has 0 unspecified atom stereocenters. The molecule has 0 saturated carbocycles. The molecule has 0 fully saturated rings. The van der Waals surface area contributed by atoms with Gasteiger partial charge >= 0.3 is 0 Å². The molecule has 124 valence electrons. The van der Waals surface area contributed by atoms with Crippen molar-refractivity contribution in [2.24, 2.45) is 0 Å². The summed E-state index contributed by atoms with van der Waals surface area (Å²) in [6.07, 6.45) is 0.780. The fourth-order valence-corrected chi connectivity index (χ4v) is 3.21. The maximum absolute atomic E-state index is 13.5. The van der Waals surface area contributed by atoms with Crippen LogP contribution in [0.2, 0.25) is 0 Å². The van der Waals surface area contributed by atoms with E-state index >= 15 is 0 Å². The van der Waals surface area contributed by atoms with Gasteiger partial charge in [-0.3, -0.25) is 4.79 Å². The smallest absolute Gasteiger partial charge is 0.230 e. The molecule has 0 radical (unpaired) electrons. The number of anilines is 2. The van der Waals surface area contributed by atoms with Crippen molar-refractivity contribution in [3.05, 3.63) is 30.1 Å². The number of para-hydroxylation sites is 1. The first-order valence-electron chi connectivity index (χ1n) is 6.92. The Morgan fingerprint density at radius 2 is 2.22 bits per heavy atom. The van der Waals surface area contributed by atoms with E-state index in [1.165, 1.54) is 29.2 Å². The van der Waals surface area contributed by atoms with Gasteiger partial charge in [0.25, 0.3) is 0 Å². The molecule has 0 bridgehead atoms. The minimum Gasteiger partial charge on any atom is -0.385 e. The van der Waals surface area contributed by atoms with Crippen LogP contribution in [-0.2, 0) is 9.53 Å². The third kappa shape index (κ3) is 6.12. The molecule has 0 atom stereocenters. The van der Waals surface area contributed by atoms with Crippen molar-refractivity contribution in [2.45, 2.75) is 10.8 Å². The van der Waals surface area contributed by atoms with Crippen molar-refractivity contribution in [2.75, 3.05) is 31.3 Å². The second kappa shape index (κ2) is 9.43. The number of carbonyl (C=O) groups is 1. The average Bonchev–Trinajstić information content (AvgIpc) is 2.99. The molecule has 2 N–H and O–H groups in total. The molecular formula is C14H17FN4O2S2. The number of amides is 1. The summed E-state index contributed by atoms with van der Waals surface area (Å²) in [5, 5.41) is 14.1. The summed E-state index contributed by atoms with van der Waals surface area (Å²) >= 11 is 2.57. The molecule has 1 heterocycles. The molecule has 2 aromatic rings. The molecule has 1 amide bonds. The molecule has 2 rings (SSSR count). The normalized spacial score (nSPS) is 10.5. The highest BCUT2D eigenvalue weighted by Crippen LogP contribution is 2.28. The topological polar surface area (TPSA) is 76.1 Å². The largest absolute Gasteiger partial charge is 0.385 e. The summed E-state index contributed by atoms with van der Waals surface area (Å²) in [6.45, 7) is 1.21. The zero-order valence-corrected chi connectivity index (χ0v) is 14.2. The SMILES string of the molecule is COCCCNC(=O)CSc1nnc(Nc2ccccc2F)s1. The molecular weight excluding hydrogens is 339 g/mol. The van der Waals surface area contributed by atoms with Crippen LogP contribution in [0.15, 0.2) is 28.6 Å². The van der Waals surface area contributed by atoms with E-state index in [0.717, 1.165) is 6.42 Å². The van der Waals surface area contributed by atoms with Crippen molar-refractivity contribution in [1.29, 1.82) is 0 Å². The number of ether oxygens (including phenoxy) is 1. The van der Waals surface area contributed by atoms with Gasteiger partial charge in [-0.2, -0.15) is 0 Å². The molecule has 0 aliphatic carbocycles. The van der Waals surface area contributed by atoms with E-state index in [2.05, 4.69) is 20.8 Å². The number of halogens is 1. The number of methoxy groups -OCH3 is 1. The summed E-state index contributed by atoms with van der Waals surface area (Å²) in [5.41, 5.74) is 0.344. The number of thioether (sulfide) groups is 1. The second-order valence-electron chi connectivity index (χ2n) is 4.46. The molecule has 23 heavy (non-hydrogen) atoms. The van der Waals surface area contributed by atoms with Gasteiger partial charge in [0.05, 0.1) is 11.4 Å². The molecule has 0 aliphatic rings. The first-order valence-corrected chi connectivity index (χ1v) is 8.72. The van der Waals surface area contributed by atoms with Crippen LogP contribution in [-0.4, -0.2) is 42.1 Å². The third-order valence-electron chi connectivity index (χ3n) is 2.70. The fourth-order valence-electron chi connectivity index (χ4n) is 1.62. The molecule has 0 saturated heterocycles. The Morgan fingerprint density at radius 1 is 1.39 bits per heavy atom. The van der Waals surface area contributed by atoms with Gasteiger partial charge in [0.2, 0.25) is 11.0 Å². The number of nitrogens with zero attached hydrogens (tertiary/aromatic N) is 2. The number of rotatable bonds is 9. The van der Waals surface area contributed by atoms with Gasteiger partial charge in [-0.1, -0.05) is 35.2 Å². The number of hydrogen-bond donors (Lipinski definition) is 2. The van der Waals surface area contributed by atoms with E-state index in [1.54, 1.807) is 25.3 Å². The van der Waals surface area contributed by atoms with E-state index in [0.29, 0.717) is 28.3 Å². The first kappa shape index (κ1) is 17.6. The Balaban J connectivity index is 1.76. The summed E-state index contributed by atoms with van der Waals surface area (Å²) in [5.74, 6) is -0.154. The Morgan fingerprint density at radius 3 is 3.00 bits per heavy atom. The van der Waals surface area contributed by atoms with Gasteiger partial charge in [-0.15, -0.1) is 10.2 Å².